The van der Waals surface area contributed by atoms with Crippen LogP contribution in [0.4, 0.5) is 0 Å². The molecule has 0 aliphatic heterocycles. The molecule has 0 saturated carbocycles. The maximum atomic E-state index is 0. The van der Waals surface area contributed by atoms with Gasteiger partial charge in [-0.2, -0.15) is 0 Å². The Balaban J connectivity index is 0. The third-order valence-corrected chi connectivity index (χ3v) is 0. The van der Waals surface area contributed by atoms with Gasteiger partial charge < -0.3 is 0 Å². The van der Waals surface area contributed by atoms with Gasteiger partial charge in [-0.15, -0.1) is 74.4 Å². The van der Waals surface area contributed by atoms with Gasteiger partial charge in [0.25, 0.3) is 0 Å². The van der Waals surface area contributed by atoms with E-state index in [0.29, 0.717) is 0 Å². The molecule has 7 heavy (non-hydrogen) atoms. The third-order valence-electron chi connectivity index (χ3n) is 0. The van der Waals surface area contributed by atoms with E-state index in [-0.39, 0.29) is 93.3 Å². The van der Waals surface area contributed by atoms with Crippen molar-refractivity contribution in [3.63, 3.8) is 0 Å². The van der Waals surface area contributed by atoms with Crippen molar-refractivity contribution in [2.75, 3.05) is 0 Å². The van der Waals surface area contributed by atoms with Gasteiger partial charge in [-0.25, -0.2) is 0 Å². The Morgan fingerprint density at radius 3 is 0.286 bits per heavy atom. The Labute approximate surface area is 92.6 Å². The zero-order valence-corrected chi connectivity index (χ0v) is 7.35. The Morgan fingerprint density at radius 2 is 0.286 bits per heavy atom. The van der Waals surface area contributed by atoms with Crippen molar-refractivity contribution >= 4 is 93.3 Å². The van der Waals surface area contributed by atoms with Crippen molar-refractivity contribution in [3.05, 3.63) is 0 Å². The molecule has 0 radical (unpaired) electrons. The predicted octanol–water partition coefficient (Wildman–Crippen LogP) is 1.88. The second-order valence-electron chi connectivity index (χ2n) is 0. The Kier molecular flexibility index (Phi) is 1390. The molecule has 0 aromatic heterocycles. The molecule has 50 valence electrons. The zero-order valence-electron chi connectivity index (χ0n) is 2.45. The number of halogens is 6. The molecule has 0 aliphatic carbocycles. The average molecular weight is 227 g/mol. The van der Waals surface area contributed by atoms with Crippen molar-refractivity contribution in [1.82, 2.24) is 0 Å². The van der Waals surface area contributed by atoms with Crippen molar-refractivity contribution in [1.29, 1.82) is 0 Å². The van der Waals surface area contributed by atoms with Crippen LogP contribution in [0.3, 0.4) is 0 Å². The second-order valence-corrected chi connectivity index (χ2v) is 0. The molecule has 0 atom stereocenters. The molecule has 0 spiro atoms. The van der Waals surface area contributed by atoms with E-state index in [1.807, 2.05) is 0 Å². The monoisotopic (exact) mass is 224 g/mol. The van der Waals surface area contributed by atoms with E-state index >= 15 is 0 Å². The third kappa shape index (κ3) is 61.3. The van der Waals surface area contributed by atoms with Crippen LogP contribution in [-0.2, 0) is 0 Å². The SMILES string of the molecule is Cl.Cl.Cl.Cl.Cl.Cl.[LiH]. The van der Waals surface area contributed by atoms with Gasteiger partial charge in [0.05, 0.1) is 0 Å². The Morgan fingerprint density at radius 1 is 0.286 bits per heavy atom. The summed E-state index contributed by atoms with van der Waals surface area (Å²) in [5, 5.41) is 0. The molecule has 0 amide bonds. The second kappa shape index (κ2) is 82.2. The van der Waals surface area contributed by atoms with Crippen LogP contribution in [0.2, 0.25) is 0 Å². The maximum absolute atomic E-state index is 0. The summed E-state index contributed by atoms with van der Waals surface area (Å²) in [7, 11) is 0. The van der Waals surface area contributed by atoms with Crippen LogP contribution >= 0.6 is 74.4 Å². The predicted molar refractivity (Wildman–Crippen MR) is 50.6 cm³/mol. The van der Waals surface area contributed by atoms with Gasteiger partial charge in [0.1, 0.15) is 0 Å². The molecule has 0 rings (SSSR count). The van der Waals surface area contributed by atoms with Crippen molar-refractivity contribution in [2.45, 2.75) is 0 Å². The first-order valence-corrected chi connectivity index (χ1v) is 0. The van der Waals surface area contributed by atoms with Crippen LogP contribution in [0.1, 0.15) is 0 Å². The molecule has 0 heterocycles. The quantitative estimate of drug-likeness (QED) is 0.554. The van der Waals surface area contributed by atoms with Crippen LogP contribution in [0, 0.1) is 0 Å². The molecule has 0 aromatic carbocycles. The molecule has 0 N–H and O–H groups in total. The number of hydrogen-bond acceptors (Lipinski definition) is 0. The Hall–Kier alpha value is 2.34. The first-order valence-electron chi connectivity index (χ1n) is 0. The van der Waals surface area contributed by atoms with Gasteiger partial charge in [0, 0.05) is 0 Å². The topological polar surface area (TPSA) is 0 Å². The van der Waals surface area contributed by atoms with Crippen molar-refractivity contribution in [3.8, 4) is 0 Å². The fourth-order valence-corrected chi connectivity index (χ4v) is 0. The standard InChI is InChI=1S/6ClH.Li.H/h6*1H;;. The van der Waals surface area contributed by atoms with E-state index in [4.69, 9.17) is 0 Å². The molecule has 0 unspecified atom stereocenters. The number of hydrogen-bond donors (Lipinski definition) is 0. The van der Waals surface area contributed by atoms with Crippen LogP contribution in [0.5, 0.6) is 0 Å². The zero-order chi connectivity index (χ0) is 0. The molecular weight excluding hydrogens is 220 g/mol. The van der Waals surface area contributed by atoms with Crippen LogP contribution in [-0.4, -0.2) is 18.9 Å². The summed E-state index contributed by atoms with van der Waals surface area (Å²) < 4.78 is 0. The van der Waals surface area contributed by atoms with Gasteiger partial charge in [-0.05, 0) is 0 Å². The van der Waals surface area contributed by atoms with E-state index < -0.39 is 0 Å². The van der Waals surface area contributed by atoms with Crippen molar-refractivity contribution in [2.24, 2.45) is 0 Å². The van der Waals surface area contributed by atoms with Gasteiger partial charge >= 0.3 is 18.9 Å². The van der Waals surface area contributed by atoms with Crippen LogP contribution < -0.4 is 0 Å². The minimum atomic E-state index is 0. The van der Waals surface area contributed by atoms with E-state index in [2.05, 4.69) is 0 Å². The van der Waals surface area contributed by atoms with E-state index in [0.717, 1.165) is 0 Å². The molecule has 0 fully saturated rings. The molecular formula is H7Cl6Li. The van der Waals surface area contributed by atoms with E-state index in [1.54, 1.807) is 0 Å². The molecule has 0 nitrogen and oxygen atoms in total. The summed E-state index contributed by atoms with van der Waals surface area (Å²) in [6.45, 7) is 0. The van der Waals surface area contributed by atoms with Crippen LogP contribution in [0.25, 0.3) is 0 Å². The van der Waals surface area contributed by atoms with E-state index in [9.17, 15) is 0 Å². The molecule has 0 aliphatic rings. The first-order chi connectivity index (χ1) is 0. The summed E-state index contributed by atoms with van der Waals surface area (Å²) in [6, 6.07) is 0. The van der Waals surface area contributed by atoms with E-state index in [1.165, 1.54) is 0 Å². The molecule has 0 aromatic rings. The van der Waals surface area contributed by atoms with Gasteiger partial charge in [0.2, 0.25) is 0 Å². The fourth-order valence-electron chi connectivity index (χ4n) is 0. The summed E-state index contributed by atoms with van der Waals surface area (Å²) >= 11 is 0. The molecule has 0 saturated heterocycles. The summed E-state index contributed by atoms with van der Waals surface area (Å²) in [5.74, 6) is 0. The molecule has 7 heteroatoms. The first kappa shape index (κ1) is 119. The molecule has 0 bridgehead atoms. The Bertz CT molecular complexity index is 4.14. The summed E-state index contributed by atoms with van der Waals surface area (Å²) in [6.07, 6.45) is 0. The van der Waals surface area contributed by atoms with Crippen molar-refractivity contribution < 1.29 is 0 Å². The number of rotatable bonds is 0. The van der Waals surface area contributed by atoms with Gasteiger partial charge in [-0.3, -0.25) is 0 Å². The van der Waals surface area contributed by atoms with Gasteiger partial charge in [0.15, 0.2) is 0 Å². The van der Waals surface area contributed by atoms with Gasteiger partial charge in [-0.1, -0.05) is 0 Å². The summed E-state index contributed by atoms with van der Waals surface area (Å²) in [4.78, 5) is 0. The normalized spacial score (nSPS) is 0. The average Bonchev–Trinajstić information content (AvgIpc) is 0. The summed E-state index contributed by atoms with van der Waals surface area (Å²) in [5.41, 5.74) is 0. The minimum absolute atomic E-state index is 0. The fraction of sp³-hybridized carbons (Fsp3) is 0. The van der Waals surface area contributed by atoms with Crippen LogP contribution in [0.15, 0.2) is 0 Å².